The molecular weight excluding hydrogens is 178 g/mol. The van der Waals surface area contributed by atoms with Crippen LogP contribution in [-0.4, -0.2) is 18.4 Å². The SMILES string of the molecule is CCOC1=NC(=O)C[C@@H]2C=CCC[C@H]12. The lowest BCUT2D eigenvalue weighted by Crippen LogP contribution is -2.33. The van der Waals surface area contributed by atoms with Crippen molar-refractivity contribution >= 4 is 11.8 Å². The average Bonchev–Trinajstić information content (AvgIpc) is 2.18. The predicted molar refractivity (Wildman–Crippen MR) is 54.0 cm³/mol. The van der Waals surface area contributed by atoms with E-state index in [9.17, 15) is 4.79 Å². The van der Waals surface area contributed by atoms with E-state index in [2.05, 4.69) is 17.1 Å². The number of amides is 1. The van der Waals surface area contributed by atoms with E-state index in [4.69, 9.17) is 4.74 Å². The zero-order valence-electron chi connectivity index (χ0n) is 8.40. The van der Waals surface area contributed by atoms with Crippen molar-refractivity contribution in [1.29, 1.82) is 0 Å². The number of carbonyl (C=O) groups excluding carboxylic acids is 1. The van der Waals surface area contributed by atoms with E-state index in [0.29, 0.717) is 30.8 Å². The number of fused-ring (bicyclic) bond motifs is 1. The lowest BCUT2D eigenvalue weighted by Gasteiger charge is -2.30. The van der Waals surface area contributed by atoms with Crippen LogP contribution in [0.1, 0.15) is 26.2 Å². The van der Waals surface area contributed by atoms with Crippen molar-refractivity contribution in [2.24, 2.45) is 16.8 Å². The maximum absolute atomic E-state index is 11.3. The first-order valence-electron chi connectivity index (χ1n) is 5.22. The maximum atomic E-state index is 11.3. The summed E-state index contributed by atoms with van der Waals surface area (Å²) < 4.78 is 5.42. The van der Waals surface area contributed by atoms with E-state index < -0.39 is 0 Å². The first-order valence-corrected chi connectivity index (χ1v) is 5.22. The second kappa shape index (κ2) is 3.95. The zero-order valence-corrected chi connectivity index (χ0v) is 8.40. The van der Waals surface area contributed by atoms with Crippen LogP contribution in [0.5, 0.6) is 0 Å². The minimum atomic E-state index is -0.0405. The second-order valence-electron chi connectivity index (χ2n) is 3.76. The number of carbonyl (C=O) groups is 1. The lowest BCUT2D eigenvalue weighted by molar-refractivity contribution is -0.119. The highest BCUT2D eigenvalue weighted by Crippen LogP contribution is 2.32. The number of rotatable bonds is 1. The summed E-state index contributed by atoms with van der Waals surface area (Å²) >= 11 is 0. The third-order valence-corrected chi connectivity index (χ3v) is 2.80. The van der Waals surface area contributed by atoms with E-state index in [-0.39, 0.29) is 5.91 Å². The van der Waals surface area contributed by atoms with Crippen LogP contribution in [0.3, 0.4) is 0 Å². The molecule has 0 unspecified atom stereocenters. The van der Waals surface area contributed by atoms with Crippen LogP contribution < -0.4 is 0 Å². The van der Waals surface area contributed by atoms with Crippen molar-refractivity contribution in [3.63, 3.8) is 0 Å². The van der Waals surface area contributed by atoms with Crippen molar-refractivity contribution in [3.05, 3.63) is 12.2 Å². The van der Waals surface area contributed by atoms with Crippen molar-refractivity contribution in [3.8, 4) is 0 Å². The van der Waals surface area contributed by atoms with Gasteiger partial charge in [0.25, 0.3) is 0 Å². The van der Waals surface area contributed by atoms with Crippen molar-refractivity contribution in [2.45, 2.75) is 26.2 Å². The van der Waals surface area contributed by atoms with Gasteiger partial charge in [0.2, 0.25) is 5.91 Å². The molecule has 0 aromatic carbocycles. The molecule has 14 heavy (non-hydrogen) atoms. The highest BCUT2D eigenvalue weighted by atomic mass is 16.5. The van der Waals surface area contributed by atoms with Crippen molar-refractivity contribution < 1.29 is 9.53 Å². The third-order valence-electron chi connectivity index (χ3n) is 2.80. The molecule has 76 valence electrons. The molecule has 0 radical (unpaired) electrons. The topological polar surface area (TPSA) is 38.7 Å². The lowest BCUT2D eigenvalue weighted by atomic mass is 9.80. The Kier molecular flexibility index (Phi) is 2.66. The van der Waals surface area contributed by atoms with Crippen LogP contribution in [0.15, 0.2) is 17.1 Å². The maximum Gasteiger partial charge on any atom is 0.249 e. The molecule has 2 aliphatic rings. The second-order valence-corrected chi connectivity index (χ2v) is 3.76. The Morgan fingerprint density at radius 2 is 2.50 bits per heavy atom. The quantitative estimate of drug-likeness (QED) is 0.597. The fourth-order valence-corrected chi connectivity index (χ4v) is 2.15. The Hall–Kier alpha value is -1.12. The summed E-state index contributed by atoms with van der Waals surface area (Å²) in [5.74, 6) is 1.30. The molecule has 0 saturated carbocycles. The monoisotopic (exact) mass is 193 g/mol. The van der Waals surface area contributed by atoms with Crippen LogP contribution in [0.2, 0.25) is 0 Å². The van der Waals surface area contributed by atoms with Gasteiger partial charge in [0.1, 0.15) is 0 Å². The van der Waals surface area contributed by atoms with Gasteiger partial charge in [-0.1, -0.05) is 12.2 Å². The molecule has 3 heteroatoms. The molecule has 0 fully saturated rings. The number of allylic oxidation sites excluding steroid dienone is 2. The van der Waals surface area contributed by atoms with Gasteiger partial charge in [0, 0.05) is 12.3 Å². The van der Waals surface area contributed by atoms with Crippen LogP contribution in [0, 0.1) is 11.8 Å². The molecular formula is C11H15NO2. The first kappa shape index (κ1) is 9.44. The summed E-state index contributed by atoms with van der Waals surface area (Å²) in [6, 6.07) is 0. The largest absolute Gasteiger partial charge is 0.481 e. The Bertz CT molecular complexity index is 294. The van der Waals surface area contributed by atoms with E-state index in [1.165, 1.54) is 0 Å². The molecule has 2 rings (SSSR count). The Balaban J connectivity index is 2.20. The fourth-order valence-electron chi connectivity index (χ4n) is 2.15. The van der Waals surface area contributed by atoms with Gasteiger partial charge in [-0.15, -0.1) is 0 Å². The highest BCUT2D eigenvalue weighted by Gasteiger charge is 2.33. The smallest absolute Gasteiger partial charge is 0.249 e. The molecule has 1 aliphatic heterocycles. The van der Waals surface area contributed by atoms with E-state index in [0.717, 1.165) is 12.8 Å². The molecule has 1 amide bonds. The minimum Gasteiger partial charge on any atom is -0.481 e. The molecule has 0 bridgehead atoms. The Morgan fingerprint density at radius 3 is 3.29 bits per heavy atom. The van der Waals surface area contributed by atoms with Gasteiger partial charge in [0.15, 0.2) is 5.90 Å². The summed E-state index contributed by atoms with van der Waals surface area (Å²) in [5.41, 5.74) is 0. The van der Waals surface area contributed by atoms with Gasteiger partial charge >= 0.3 is 0 Å². The van der Waals surface area contributed by atoms with Crippen molar-refractivity contribution in [1.82, 2.24) is 0 Å². The van der Waals surface area contributed by atoms with Crippen LogP contribution in [0.25, 0.3) is 0 Å². The van der Waals surface area contributed by atoms with Gasteiger partial charge in [-0.3, -0.25) is 4.79 Å². The standard InChI is InChI=1S/C11H15NO2/c1-2-14-11-9-6-4-3-5-8(9)7-10(13)12-11/h3,5,8-9H,2,4,6-7H2,1H3/t8-,9-/m0/s1. The van der Waals surface area contributed by atoms with Crippen molar-refractivity contribution in [2.75, 3.05) is 6.61 Å². The van der Waals surface area contributed by atoms with Crippen LogP contribution in [0.4, 0.5) is 0 Å². The average molecular weight is 193 g/mol. The van der Waals surface area contributed by atoms with E-state index in [1.807, 2.05) is 6.92 Å². The molecule has 0 saturated heterocycles. The highest BCUT2D eigenvalue weighted by molar-refractivity contribution is 5.95. The van der Waals surface area contributed by atoms with Gasteiger partial charge < -0.3 is 4.74 Å². The molecule has 2 atom stereocenters. The Labute approximate surface area is 83.9 Å². The van der Waals surface area contributed by atoms with Gasteiger partial charge in [0.05, 0.1) is 6.61 Å². The molecule has 0 aromatic rings. The predicted octanol–water partition coefficient (Wildman–Crippen LogP) is 1.93. The zero-order chi connectivity index (χ0) is 9.97. The molecule has 0 aromatic heterocycles. The summed E-state index contributed by atoms with van der Waals surface area (Å²) in [6.45, 7) is 2.52. The molecule has 3 nitrogen and oxygen atoms in total. The number of aliphatic imine (C=N–C) groups is 1. The minimum absolute atomic E-state index is 0.0405. The number of ether oxygens (including phenoxy) is 1. The first-order chi connectivity index (χ1) is 6.81. The van der Waals surface area contributed by atoms with Crippen LogP contribution >= 0.6 is 0 Å². The van der Waals surface area contributed by atoms with Gasteiger partial charge in [-0.2, -0.15) is 4.99 Å². The molecule has 0 N–H and O–H groups in total. The normalized spacial score (nSPS) is 30.9. The Morgan fingerprint density at radius 1 is 1.64 bits per heavy atom. The summed E-state index contributed by atoms with van der Waals surface area (Å²) in [7, 11) is 0. The summed E-state index contributed by atoms with van der Waals surface area (Å²) in [5, 5.41) is 0. The molecule has 1 heterocycles. The molecule has 0 spiro atoms. The van der Waals surface area contributed by atoms with Gasteiger partial charge in [-0.25, -0.2) is 0 Å². The molecule has 1 aliphatic carbocycles. The number of nitrogens with zero attached hydrogens (tertiary/aromatic N) is 1. The summed E-state index contributed by atoms with van der Waals surface area (Å²) in [4.78, 5) is 15.3. The van der Waals surface area contributed by atoms with Gasteiger partial charge in [-0.05, 0) is 25.7 Å². The van der Waals surface area contributed by atoms with E-state index >= 15 is 0 Å². The van der Waals surface area contributed by atoms with Crippen LogP contribution in [-0.2, 0) is 9.53 Å². The fraction of sp³-hybridized carbons (Fsp3) is 0.636. The number of hydrogen-bond donors (Lipinski definition) is 0. The number of hydrogen-bond acceptors (Lipinski definition) is 2. The van der Waals surface area contributed by atoms with E-state index in [1.54, 1.807) is 0 Å². The summed E-state index contributed by atoms with van der Waals surface area (Å²) in [6.07, 6.45) is 6.98. The third kappa shape index (κ3) is 1.72.